The second-order valence-corrected chi connectivity index (χ2v) is 8.51. The molecule has 0 spiro atoms. The van der Waals surface area contributed by atoms with Crippen LogP contribution in [0.5, 0.6) is 0 Å². The Kier molecular flexibility index (Phi) is 3.83. The van der Waals surface area contributed by atoms with Crippen LogP contribution in [0.2, 0.25) is 0 Å². The first-order valence-corrected chi connectivity index (χ1v) is 10.2. The number of ketones is 1. The number of amides is 2. The molecular formula is C23H24N2O3. The number of carbonyl (C=O) groups excluding carboxylic acids is 3. The molecule has 5 nitrogen and oxygen atoms in total. The molecule has 2 fully saturated rings. The molecule has 0 unspecified atom stereocenters. The van der Waals surface area contributed by atoms with Crippen molar-refractivity contribution in [1.29, 1.82) is 0 Å². The Morgan fingerprint density at radius 1 is 1.04 bits per heavy atom. The quantitative estimate of drug-likeness (QED) is 0.658. The summed E-state index contributed by atoms with van der Waals surface area (Å²) in [5.74, 6) is -0.826. The Hall–Kier alpha value is -2.69. The molecule has 28 heavy (non-hydrogen) atoms. The molecule has 1 heterocycles. The van der Waals surface area contributed by atoms with Crippen LogP contribution < -0.4 is 5.73 Å². The summed E-state index contributed by atoms with van der Waals surface area (Å²) in [6.07, 6.45) is 4.68. The Labute approximate surface area is 163 Å². The fourth-order valence-corrected chi connectivity index (χ4v) is 5.05. The molecule has 1 saturated carbocycles. The molecule has 1 atom stereocenters. The fraction of sp³-hybridized carbons (Fsp3) is 0.435. The van der Waals surface area contributed by atoms with Crippen molar-refractivity contribution in [2.75, 3.05) is 13.1 Å². The summed E-state index contributed by atoms with van der Waals surface area (Å²) in [5.41, 5.74) is 7.86. The number of aryl methyl sites for hydroxylation is 2. The number of piperidine rings is 1. The lowest BCUT2D eigenvalue weighted by Gasteiger charge is -2.34. The van der Waals surface area contributed by atoms with Crippen molar-refractivity contribution < 1.29 is 14.4 Å². The molecule has 2 aliphatic carbocycles. The first kappa shape index (κ1) is 17.4. The van der Waals surface area contributed by atoms with Crippen molar-refractivity contribution in [2.45, 2.75) is 38.5 Å². The molecular weight excluding hydrogens is 352 g/mol. The van der Waals surface area contributed by atoms with Crippen molar-refractivity contribution >= 4 is 28.4 Å². The van der Waals surface area contributed by atoms with E-state index in [0.717, 1.165) is 36.6 Å². The molecule has 144 valence electrons. The van der Waals surface area contributed by atoms with E-state index < -0.39 is 11.3 Å². The summed E-state index contributed by atoms with van der Waals surface area (Å²) in [6, 6.07) is 10.3. The highest BCUT2D eigenvalue weighted by Crippen LogP contribution is 2.47. The largest absolute Gasteiger partial charge is 0.369 e. The highest BCUT2D eigenvalue weighted by atomic mass is 16.2. The van der Waals surface area contributed by atoms with E-state index in [1.54, 1.807) is 4.90 Å². The van der Waals surface area contributed by atoms with Gasteiger partial charge in [-0.1, -0.05) is 30.3 Å². The van der Waals surface area contributed by atoms with E-state index in [0.29, 0.717) is 25.9 Å². The number of rotatable bonds is 4. The van der Waals surface area contributed by atoms with Gasteiger partial charge in [0, 0.05) is 24.6 Å². The zero-order valence-electron chi connectivity index (χ0n) is 15.9. The fourth-order valence-electron chi connectivity index (χ4n) is 5.05. The summed E-state index contributed by atoms with van der Waals surface area (Å²) in [4.78, 5) is 39.7. The number of hydrogen-bond donors (Lipinski definition) is 1. The van der Waals surface area contributed by atoms with Gasteiger partial charge in [0.25, 0.3) is 0 Å². The van der Waals surface area contributed by atoms with Gasteiger partial charge in [-0.05, 0) is 60.4 Å². The third kappa shape index (κ3) is 2.49. The topological polar surface area (TPSA) is 80.5 Å². The van der Waals surface area contributed by atoms with Gasteiger partial charge in [-0.25, -0.2) is 0 Å². The maximum absolute atomic E-state index is 13.4. The normalized spacial score (nSPS) is 22.3. The molecule has 0 aromatic heterocycles. The molecule has 1 aliphatic heterocycles. The van der Waals surface area contributed by atoms with Gasteiger partial charge in [0.15, 0.2) is 5.78 Å². The zero-order valence-corrected chi connectivity index (χ0v) is 15.9. The third-order valence-corrected chi connectivity index (χ3v) is 6.85. The third-order valence-electron chi connectivity index (χ3n) is 6.85. The van der Waals surface area contributed by atoms with E-state index in [9.17, 15) is 14.4 Å². The van der Waals surface area contributed by atoms with Crippen LogP contribution in [0.15, 0.2) is 30.3 Å². The lowest BCUT2D eigenvalue weighted by molar-refractivity contribution is -0.144. The highest BCUT2D eigenvalue weighted by Gasteiger charge is 2.57. The Bertz CT molecular complexity index is 1010. The first-order valence-electron chi connectivity index (χ1n) is 10.2. The lowest BCUT2D eigenvalue weighted by atomic mass is 9.86. The molecule has 5 heteroatoms. The minimum atomic E-state index is -1.01. The van der Waals surface area contributed by atoms with E-state index in [-0.39, 0.29) is 17.6 Å². The maximum atomic E-state index is 13.4. The Morgan fingerprint density at radius 3 is 2.50 bits per heavy atom. The number of likely N-dealkylation sites (tertiary alicyclic amines) is 1. The van der Waals surface area contributed by atoms with E-state index in [4.69, 9.17) is 5.73 Å². The van der Waals surface area contributed by atoms with Gasteiger partial charge in [-0.3, -0.25) is 14.4 Å². The second-order valence-electron chi connectivity index (χ2n) is 8.51. The summed E-state index contributed by atoms with van der Waals surface area (Å²) in [6.45, 7) is 0.983. The van der Waals surface area contributed by atoms with Crippen LogP contribution in [0.25, 0.3) is 10.8 Å². The lowest BCUT2D eigenvalue weighted by Crippen LogP contribution is -2.48. The number of nitrogens with two attached hydrogens (primary N) is 1. The van der Waals surface area contributed by atoms with Crippen molar-refractivity contribution in [2.24, 2.45) is 17.1 Å². The monoisotopic (exact) mass is 376 g/mol. The van der Waals surface area contributed by atoms with Crippen LogP contribution in [-0.2, 0) is 22.4 Å². The van der Waals surface area contributed by atoms with Gasteiger partial charge in [0.05, 0.1) is 0 Å². The zero-order chi connectivity index (χ0) is 19.5. The number of nitrogens with zero attached hydrogens (tertiary/aromatic N) is 1. The summed E-state index contributed by atoms with van der Waals surface area (Å²) >= 11 is 0. The predicted molar refractivity (Wildman–Crippen MR) is 106 cm³/mol. The molecule has 2 aromatic carbocycles. The highest BCUT2D eigenvalue weighted by molar-refractivity contribution is 6.11. The van der Waals surface area contributed by atoms with Crippen LogP contribution in [0.1, 0.15) is 47.2 Å². The number of carbonyl (C=O) groups is 3. The van der Waals surface area contributed by atoms with E-state index >= 15 is 0 Å². The van der Waals surface area contributed by atoms with Gasteiger partial charge in [-0.15, -0.1) is 0 Å². The van der Waals surface area contributed by atoms with Gasteiger partial charge < -0.3 is 10.6 Å². The maximum Gasteiger partial charge on any atom is 0.238 e. The molecule has 0 bridgehead atoms. The molecule has 1 saturated heterocycles. The number of primary amides is 1. The van der Waals surface area contributed by atoms with Gasteiger partial charge in [0.1, 0.15) is 5.41 Å². The van der Waals surface area contributed by atoms with E-state index in [1.165, 1.54) is 16.5 Å². The van der Waals surface area contributed by atoms with E-state index in [2.05, 4.69) is 12.1 Å². The Morgan fingerprint density at radius 2 is 1.79 bits per heavy atom. The second kappa shape index (κ2) is 6.16. The molecule has 3 aliphatic rings. The SMILES string of the molecule is NC(=O)C1(C(=O)N2CCC[C@H](C(=O)c3ccc4c5c(cccc35)CC4)C2)CC1. The van der Waals surface area contributed by atoms with Crippen LogP contribution in [0, 0.1) is 11.3 Å². The van der Waals surface area contributed by atoms with Crippen molar-refractivity contribution in [1.82, 2.24) is 4.90 Å². The summed E-state index contributed by atoms with van der Waals surface area (Å²) in [7, 11) is 0. The van der Waals surface area contributed by atoms with Crippen molar-refractivity contribution in [3.63, 3.8) is 0 Å². The van der Waals surface area contributed by atoms with E-state index in [1.807, 2.05) is 18.2 Å². The van der Waals surface area contributed by atoms with Gasteiger partial charge in [0.2, 0.25) is 11.8 Å². The minimum absolute atomic E-state index is 0.108. The van der Waals surface area contributed by atoms with Crippen molar-refractivity contribution in [3.05, 3.63) is 47.0 Å². The van der Waals surface area contributed by atoms with Gasteiger partial charge in [-0.2, -0.15) is 0 Å². The van der Waals surface area contributed by atoms with Crippen LogP contribution in [0.4, 0.5) is 0 Å². The molecule has 2 aromatic rings. The van der Waals surface area contributed by atoms with Crippen LogP contribution in [-0.4, -0.2) is 35.6 Å². The molecule has 5 rings (SSSR count). The average Bonchev–Trinajstić information content (AvgIpc) is 3.44. The van der Waals surface area contributed by atoms with Crippen molar-refractivity contribution in [3.8, 4) is 0 Å². The van der Waals surface area contributed by atoms with Gasteiger partial charge >= 0.3 is 0 Å². The summed E-state index contributed by atoms with van der Waals surface area (Å²) < 4.78 is 0. The summed E-state index contributed by atoms with van der Waals surface area (Å²) in [5, 5.41) is 2.28. The average molecular weight is 376 g/mol. The molecule has 2 N–H and O–H groups in total. The van der Waals surface area contributed by atoms with Crippen LogP contribution in [0.3, 0.4) is 0 Å². The Balaban J connectivity index is 1.43. The first-order chi connectivity index (χ1) is 13.5. The minimum Gasteiger partial charge on any atom is -0.369 e. The number of hydrogen-bond acceptors (Lipinski definition) is 3. The standard InChI is InChI=1S/C23H24N2O3/c24-21(27)23(10-11-23)22(28)25-12-2-4-16(13-25)20(26)18-9-8-15-7-6-14-3-1-5-17(18)19(14)15/h1,3,5,8-9,16H,2,4,6-7,10-13H2,(H2,24,27)/t16-/m0/s1. The van der Waals surface area contributed by atoms with Crippen LogP contribution >= 0.6 is 0 Å². The number of Topliss-reactive ketones (excluding diaryl/α,β-unsaturated/α-hetero) is 1. The molecule has 2 amide bonds. The smallest absolute Gasteiger partial charge is 0.238 e. The number of benzene rings is 2. The predicted octanol–water partition coefficient (Wildman–Crippen LogP) is 2.63. The molecule has 0 radical (unpaired) electrons.